The summed E-state index contributed by atoms with van der Waals surface area (Å²) >= 11 is 0. The fourth-order valence-corrected chi connectivity index (χ4v) is 2.45. The van der Waals surface area contributed by atoms with Crippen LogP contribution in [0.4, 0.5) is 0 Å². The Bertz CT molecular complexity index is 387. The second kappa shape index (κ2) is 4.29. The van der Waals surface area contributed by atoms with Gasteiger partial charge in [0.15, 0.2) is 0 Å². The van der Waals surface area contributed by atoms with E-state index in [1.54, 1.807) is 7.11 Å². The third kappa shape index (κ3) is 2.04. The molecule has 3 rings (SSSR count). The Hall–Kier alpha value is -1.10. The van der Waals surface area contributed by atoms with Gasteiger partial charge in [-0.1, -0.05) is 12.1 Å². The summed E-state index contributed by atoms with van der Waals surface area (Å²) in [7, 11) is 1.69. The summed E-state index contributed by atoms with van der Waals surface area (Å²) in [5, 5.41) is 6.85. The second-order valence-electron chi connectivity index (χ2n) is 4.71. The molecule has 1 spiro atoms. The van der Waals surface area contributed by atoms with Crippen molar-refractivity contribution in [1.82, 2.24) is 10.6 Å². The zero-order valence-electron chi connectivity index (χ0n) is 10.0. The quantitative estimate of drug-likeness (QED) is 0.802. The molecule has 0 aromatic heterocycles. The summed E-state index contributed by atoms with van der Waals surface area (Å²) in [6.07, 6.45) is 1.02. The maximum absolute atomic E-state index is 5.80. The molecule has 17 heavy (non-hydrogen) atoms. The molecule has 0 radical (unpaired) electrons. The highest BCUT2D eigenvalue weighted by Crippen LogP contribution is 2.29. The summed E-state index contributed by atoms with van der Waals surface area (Å²) in [5.74, 6) is 0.904. The average molecular weight is 234 g/mol. The Morgan fingerprint density at radius 1 is 1.29 bits per heavy atom. The van der Waals surface area contributed by atoms with Gasteiger partial charge in [-0.3, -0.25) is 5.32 Å². The lowest BCUT2D eigenvalue weighted by molar-refractivity contribution is -0.140. The molecule has 4 nitrogen and oxygen atoms in total. The van der Waals surface area contributed by atoms with E-state index >= 15 is 0 Å². The molecule has 2 saturated heterocycles. The Balaban J connectivity index is 1.74. The third-order valence-electron chi connectivity index (χ3n) is 3.56. The van der Waals surface area contributed by atoms with Gasteiger partial charge < -0.3 is 14.8 Å². The van der Waals surface area contributed by atoms with Crippen LogP contribution < -0.4 is 15.4 Å². The summed E-state index contributed by atoms with van der Waals surface area (Å²) in [4.78, 5) is 0. The molecular formula is C13H18N2O2. The lowest BCUT2D eigenvalue weighted by Gasteiger charge is -2.48. The number of rotatable bonds is 2. The second-order valence-corrected chi connectivity index (χ2v) is 4.71. The van der Waals surface area contributed by atoms with E-state index in [9.17, 15) is 0 Å². The molecule has 2 fully saturated rings. The van der Waals surface area contributed by atoms with Gasteiger partial charge in [-0.25, -0.2) is 0 Å². The van der Waals surface area contributed by atoms with Crippen molar-refractivity contribution >= 4 is 0 Å². The van der Waals surface area contributed by atoms with Gasteiger partial charge in [0, 0.05) is 19.1 Å². The molecule has 1 atom stereocenters. The highest BCUT2D eigenvalue weighted by molar-refractivity contribution is 5.29. The standard InChI is InChI=1S/C13H18N2O2/c1-16-11-4-2-10(3-5-11)12-6-7-17-13(15-12)8-14-9-13/h2-5,12,14-15H,6-9H2,1H3. The average Bonchev–Trinajstić information content (AvgIpc) is 2.37. The molecule has 1 aromatic rings. The van der Waals surface area contributed by atoms with Crippen LogP contribution in [0.25, 0.3) is 0 Å². The van der Waals surface area contributed by atoms with Crippen LogP contribution in [0.2, 0.25) is 0 Å². The Kier molecular flexibility index (Phi) is 2.78. The number of methoxy groups -OCH3 is 1. The van der Waals surface area contributed by atoms with E-state index in [1.165, 1.54) is 5.56 Å². The molecule has 0 amide bonds. The molecule has 2 aliphatic rings. The van der Waals surface area contributed by atoms with Crippen LogP contribution in [0.15, 0.2) is 24.3 Å². The molecule has 92 valence electrons. The molecule has 2 N–H and O–H groups in total. The van der Waals surface area contributed by atoms with Crippen LogP contribution in [-0.4, -0.2) is 32.5 Å². The van der Waals surface area contributed by atoms with Crippen molar-refractivity contribution in [3.05, 3.63) is 29.8 Å². The van der Waals surface area contributed by atoms with Gasteiger partial charge >= 0.3 is 0 Å². The lowest BCUT2D eigenvalue weighted by Crippen LogP contribution is -2.71. The number of hydrogen-bond donors (Lipinski definition) is 2. The Morgan fingerprint density at radius 3 is 2.65 bits per heavy atom. The van der Waals surface area contributed by atoms with Crippen molar-refractivity contribution in [3.63, 3.8) is 0 Å². The topological polar surface area (TPSA) is 42.5 Å². The van der Waals surface area contributed by atoms with Crippen LogP contribution >= 0.6 is 0 Å². The first-order valence-corrected chi connectivity index (χ1v) is 6.08. The van der Waals surface area contributed by atoms with Crippen LogP contribution in [0.1, 0.15) is 18.0 Å². The van der Waals surface area contributed by atoms with E-state index in [0.717, 1.165) is 31.9 Å². The van der Waals surface area contributed by atoms with Gasteiger partial charge in [0.25, 0.3) is 0 Å². The number of benzene rings is 1. The summed E-state index contributed by atoms with van der Waals surface area (Å²) in [5.41, 5.74) is 1.18. The fourth-order valence-electron chi connectivity index (χ4n) is 2.45. The maximum Gasteiger partial charge on any atom is 0.144 e. The fraction of sp³-hybridized carbons (Fsp3) is 0.538. The minimum Gasteiger partial charge on any atom is -0.497 e. The minimum atomic E-state index is -0.122. The number of nitrogens with one attached hydrogen (secondary N) is 2. The SMILES string of the molecule is COc1ccc(C2CCOC3(CNC3)N2)cc1. The Morgan fingerprint density at radius 2 is 2.06 bits per heavy atom. The normalized spacial score (nSPS) is 26.5. The van der Waals surface area contributed by atoms with Crippen LogP contribution in [0.5, 0.6) is 5.75 Å². The van der Waals surface area contributed by atoms with Crippen molar-refractivity contribution in [1.29, 1.82) is 0 Å². The summed E-state index contributed by atoms with van der Waals surface area (Å²) in [6.45, 7) is 2.63. The molecular weight excluding hydrogens is 216 g/mol. The van der Waals surface area contributed by atoms with Gasteiger partial charge in [0.1, 0.15) is 11.5 Å². The predicted molar refractivity (Wildman–Crippen MR) is 65.0 cm³/mol. The van der Waals surface area contributed by atoms with E-state index in [2.05, 4.69) is 22.8 Å². The van der Waals surface area contributed by atoms with E-state index < -0.39 is 0 Å². The molecule has 0 saturated carbocycles. The molecule has 0 bridgehead atoms. The Labute approximate surface area is 101 Å². The molecule has 2 aliphatic heterocycles. The van der Waals surface area contributed by atoms with Crippen LogP contribution in [0.3, 0.4) is 0 Å². The van der Waals surface area contributed by atoms with Gasteiger partial charge in [-0.15, -0.1) is 0 Å². The zero-order valence-corrected chi connectivity index (χ0v) is 10.0. The first-order valence-electron chi connectivity index (χ1n) is 6.08. The van der Waals surface area contributed by atoms with Crippen LogP contribution in [-0.2, 0) is 4.74 Å². The summed E-state index contributed by atoms with van der Waals surface area (Å²) < 4.78 is 11.0. The van der Waals surface area contributed by atoms with E-state index in [-0.39, 0.29) is 5.72 Å². The van der Waals surface area contributed by atoms with E-state index in [4.69, 9.17) is 9.47 Å². The lowest BCUT2D eigenvalue weighted by atomic mass is 9.97. The first-order chi connectivity index (χ1) is 8.31. The van der Waals surface area contributed by atoms with Crippen LogP contribution in [0, 0.1) is 0 Å². The van der Waals surface area contributed by atoms with Gasteiger partial charge in [0.05, 0.1) is 13.7 Å². The molecule has 1 unspecified atom stereocenters. The van der Waals surface area contributed by atoms with Gasteiger partial charge in [-0.05, 0) is 24.1 Å². The predicted octanol–water partition coefficient (Wildman–Crippen LogP) is 1.05. The first kappa shape index (κ1) is 11.0. The maximum atomic E-state index is 5.80. The van der Waals surface area contributed by atoms with Crippen molar-refractivity contribution in [2.75, 3.05) is 26.8 Å². The van der Waals surface area contributed by atoms with E-state index in [1.807, 2.05) is 12.1 Å². The highest BCUT2D eigenvalue weighted by atomic mass is 16.5. The number of hydrogen-bond acceptors (Lipinski definition) is 4. The van der Waals surface area contributed by atoms with Crippen molar-refractivity contribution in [3.8, 4) is 5.75 Å². The molecule has 4 heteroatoms. The number of ether oxygens (including phenoxy) is 2. The molecule has 0 aliphatic carbocycles. The largest absolute Gasteiger partial charge is 0.497 e. The third-order valence-corrected chi connectivity index (χ3v) is 3.56. The van der Waals surface area contributed by atoms with Crippen molar-refractivity contribution in [2.45, 2.75) is 18.2 Å². The highest BCUT2D eigenvalue weighted by Gasteiger charge is 2.42. The molecule has 2 heterocycles. The van der Waals surface area contributed by atoms with Gasteiger partial charge in [-0.2, -0.15) is 0 Å². The van der Waals surface area contributed by atoms with E-state index in [0.29, 0.717) is 6.04 Å². The van der Waals surface area contributed by atoms with Crippen molar-refractivity contribution in [2.24, 2.45) is 0 Å². The molecule has 1 aromatic carbocycles. The zero-order chi connectivity index (χ0) is 11.7. The van der Waals surface area contributed by atoms with Gasteiger partial charge in [0.2, 0.25) is 0 Å². The smallest absolute Gasteiger partial charge is 0.144 e. The van der Waals surface area contributed by atoms with Crippen molar-refractivity contribution < 1.29 is 9.47 Å². The monoisotopic (exact) mass is 234 g/mol. The minimum absolute atomic E-state index is 0.122. The summed E-state index contributed by atoms with van der Waals surface area (Å²) in [6, 6.07) is 8.66.